The van der Waals surface area contributed by atoms with E-state index < -0.39 is 35.4 Å². The molecular formula is C27H23F6NO4. The number of benzene rings is 3. The van der Waals surface area contributed by atoms with Crippen LogP contribution in [0.25, 0.3) is 11.1 Å². The summed E-state index contributed by atoms with van der Waals surface area (Å²) in [5.74, 6) is -0.899. The summed E-state index contributed by atoms with van der Waals surface area (Å²) in [7, 11) is 0. The molecule has 11 heteroatoms. The molecule has 202 valence electrons. The molecule has 0 aromatic heterocycles. The Hall–Kier alpha value is -4.02. The van der Waals surface area contributed by atoms with E-state index in [4.69, 9.17) is 9.84 Å². The Morgan fingerprint density at radius 3 is 2.08 bits per heavy atom. The predicted molar refractivity (Wildman–Crippen MR) is 127 cm³/mol. The van der Waals surface area contributed by atoms with Crippen LogP contribution in [0.4, 0.5) is 26.3 Å². The van der Waals surface area contributed by atoms with Crippen LogP contribution in [0.2, 0.25) is 0 Å². The van der Waals surface area contributed by atoms with Gasteiger partial charge in [-0.2, -0.15) is 26.3 Å². The number of hydrogen-bond acceptors (Lipinski definition) is 3. The molecule has 3 rings (SSSR count). The van der Waals surface area contributed by atoms with Gasteiger partial charge in [0, 0.05) is 12.1 Å². The van der Waals surface area contributed by atoms with Crippen molar-refractivity contribution in [1.29, 1.82) is 0 Å². The SMILES string of the molecule is O=C(O)CCNC(=O)c1ccc(OCCCc2ccc(-c3ccc(C(F)(F)F)cc3C(F)(F)F)cc2)cc1. The van der Waals surface area contributed by atoms with E-state index in [-0.39, 0.29) is 30.2 Å². The smallest absolute Gasteiger partial charge is 0.417 e. The summed E-state index contributed by atoms with van der Waals surface area (Å²) in [6.07, 6.45) is -8.90. The molecule has 0 aliphatic carbocycles. The molecule has 38 heavy (non-hydrogen) atoms. The highest BCUT2D eigenvalue weighted by atomic mass is 19.4. The largest absolute Gasteiger partial charge is 0.494 e. The Kier molecular flexibility index (Phi) is 9.03. The lowest BCUT2D eigenvalue weighted by atomic mass is 9.95. The summed E-state index contributed by atoms with van der Waals surface area (Å²) in [6.45, 7) is 0.338. The molecule has 0 saturated carbocycles. The van der Waals surface area contributed by atoms with E-state index in [0.717, 1.165) is 11.6 Å². The van der Waals surface area contributed by atoms with E-state index in [0.29, 0.717) is 36.8 Å². The number of aryl methyl sites for hydroxylation is 1. The quantitative estimate of drug-likeness (QED) is 0.225. The zero-order chi connectivity index (χ0) is 27.9. The van der Waals surface area contributed by atoms with Crippen LogP contribution < -0.4 is 10.1 Å². The Morgan fingerprint density at radius 2 is 1.50 bits per heavy atom. The zero-order valence-electron chi connectivity index (χ0n) is 19.8. The molecule has 0 saturated heterocycles. The maximum atomic E-state index is 13.4. The van der Waals surface area contributed by atoms with Crippen molar-refractivity contribution in [2.75, 3.05) is 13.2 Å². The monoisotopic (exact) mass is 539 g/mol. The van der Waals surface area contributed by atoms with Crippen molar-refractivity contribution >= 4 is 11.9 Å². The Bertz CT molecular complexity index is 1250. The second kappa shape index (κ2) is 12.0. The summed E-state index contributed by atoms with van der Waals surface area (Å²) in [5.41, 5.74) is -1.73. The van der Waals surface area contributed by atoms with Gasteiger partial charge in [-0.3, -0.25) is 9.59 Å². The lowest BCUT2D eigenvalue weighted by Crippen LogP contribution is -2.25. The molecule has 0 bridgehead atoms. The maximum Gasteiger partial charge on any atom is 0.417 e. The Labute approximate surface area is 214 Å². The van der Waals surface area contributed by atoms with Crippen molar-refractivity contribution in [3.63, 3.8) is 0 Å². The summed E-state index contributed by atoms with van der Waals surface area (Å²) in [4.78, 5) is 22.4. The van der Waals surface area contributed by atoms with Crippen LogP contribution in [0.1, 0.15) is 39.9 Å². The Balaban J connectivity index is 1.54. The molecule has 0 atom stereocenters. The molecule has 2 N–H and O–H groups in total. The van der Waals surface area contributed by atoms with E-state index >= 15 is 0 Å². The average Bonchev–Trinajstić information content (AvgIpc) is 2.85. The second-order valence-corrected chi connectivity index (χ2v) is 8.33. The molecule has 0 aliphatic heterocycles. The van der Waals surface area contributed by atoms with Crippen molar-refractivity contribution in [1.82, 2.24) is 5.32 Å². The molecule has 0 fully saturated rings. The van der Waals surface area contributed by atoms with Crippen molar-refractivity contribution in [2.45, 2.75) is 31.6 Å². The number of carboxylic acid groups (broad SMARTS) is 1. The minimum absolute atomic E-state index is 0.0151. The molecule has 0 radical (unpaired) electrons. The second-order valence-electron chi connectivity index (χ2n) is 8.33. The van der Waals surface area contributed by atoms with Gasteiger partial charge in [-0.25, -0.2) is 0 Å². The van der Waals surface area contributed by atoms with Gasteiger partial charge >= 0.3 is 18.3 Å². The van der Waals surface area contributed by atoms with Crippen molar-refractivity contribution in [3.8, 4) is 16.9 Å². The number of aliphatic carboxylic acids is 1. The molecule has 0 aliphatic rings. The van der Waals surface area contributed by atoms with Gasteiger partial charge in [-0.05, 0) is 65.9 Å². The topological polar surface area (TPSA) is 75.6 Å². The van der Waals surface area contributed by atoms with Gasteiger partial charge in [0.15, 0.2) is 0 Å². The third-order valence-corrected chi connectivity index (χ3v) is 5.54. The molecular weight excluding hydrogens is 516 g/mol. The highest BCUT2D eigenvalue weighted by molar-refractivity contribution is 5.94. The van der Waals surface area contributed by atoms with Crippen LogP contribution in [0.3, 0.4) is 0 Å². The third-order valence-electron chi connectivity index (χ3n) is 5.54. The van der Waals surface area contributed by atoms with Gasteiger partial charge in [0.25, 0.3) is 5.91 Å². The fourth-order valence-corrected chi connectivity index (χ4v) is 3.61. The predicted octanol–water partition coefficient (Wildman–Crippen LogP) is 6.61. The van der Waals surface area contributed by atoms with Gasteiger partial charge in [-0.15, -0.1) is 0 Å². The number of carbonyl (C=O) groups is 2. The van der Waals surface area contributed by atoms with Crippen LogP contribution in [-0.2, 0) is 23.6 Å². The summed E-state index contributed by atoms with van der Waals surface area (Å²) < 4.78 is 84.7. The van der Waals surface area contributed by atoms with Crippen LogP contribution in [0, 0.1) is 0 Å². The number of rotatable bonds is 10. The van der Waals surface area contributed by atoms with Gasteiger partial charge < -0.3 is 15.2 Å². The zero-order valence-corrected chi connectivity index (χ0v) is 19.8. The minimum Gasteiger partial charge on any atom is -0.494 e. The molecule has 0 unspecified atom stereocenters. The molecule has 0 heterocycles. The first-order valence-corrected chi connectivity index (χ1v) is 11.4. The summed E-state index contributed by atoms with van der Waals surface area (Å²) >= 11 is 0. The van der Waals surface area contributed by atoms with Crippen LogP contribution in [-0.4, -0.2) is 30.1 Å². The number of alkyl halides is 6. The van der Waals surface area contributed by atoms with Gasteiger partial charge in [0.1, 0.15) is 5.75 Å². The number of amides is 1. The molecule has 1 amide bonds. The maximum absolute atomic E-state index is 13.4. The number of carbonyl (C=O) groups excluding carboxylic acids is 1. The van der Waals surface area contributed by atoms with Crippen LogP contribution in [0.15, 0.2) is 66.7 Å². The fourth-order valence-electron chi connectivity index (χ4n) is 3.61. The lowest BCUT2D eigenvalue weighted by Gasteiger charge is -2.16. The number of halogens is 6. The molecule has 5 nitrogen and oxygen atoms in total. The van der Waals surface area contributed by atoms with Gasteiger partial charge in [-0.1, -0.05) is 30.3 Å². The van der Waals surface area contributed by atoms with Crippen LogP contribution in [0.5, 0.6) is 5.75 Å². The van der Waals surface area contributed by atoms with E-state index in [1.165, 1.54) is 12.1 Å². The van der Waals surface area contributed by atoms with E-state index in [1.54, 1.807) is 36.4 Å². The highest BCUT2D eigenvalue weighted by Gasteiger charge is 2.38. The van der Waals surface area contributed by atoms with Gasteiger partial charge in [0.05, 0.1) is 24.2 Å². The first-order valence-electron chi connectivity index (χ1n) is 11.4. The number of ether oxygens (including phenoxy) is 1. The van der Waals surface area contributed by atoms with Crippen LogP contribution >= 0.6 is 0 Å². The third kappa shape index (κ3) is 7.99. The minimum atomic E-state index is -4.95. The summed E-state index contributed by atoms with van der Waals surface area (Å²) in [6, 6.07) is 14.0. The molecule has 0 spiro atoms. The highest BCUT2D eigenvalue weighted by Crippen LogP contribution is 2.40. The first-order chi connectivity index (χ1) is 17.8. The number of hydrogen-bond donors (Lipinski definition) is 2. The van der Waals surface area contributed by atoms with E-state index in [2.05, 4.69) is 5.32 Å². The molecule has 3 aromatic rings. The first kappa shape index (κ1) is 28.5. The standard InChI is InChI=1S/C27H23F6NO4/c28-26(29,30)20-9-12-22(23(16-20)27(31,32)33)18-5-3-17(4-6-18)2-1-15-38-21-10-7-19(8-11-21)25(37)34-14-13-24(35)36/h3-12,16H,1-2,13-15H2,(H,34,37)(H,35,36). The van der Waals surface area contributed by atoms with E-state index in [1.807, 2.05) is 0 Å². The number of nitrogens with one attached hydrogen (secondary N) is 1. The normalized spacial score (nSPS) is 11.7. The van der Waals surface area contributed by atoms with Gasteiger partial charge in [0.2, 0.25) is 0 Å². The fraction of sp³-hybridized carbons (Fsp3) is 0.259. The Morgan fingerprint density at radius 1 is 0.842 bits per heavy atom. The average molecular weight is 539 g/mol. The summed E-state index contributed by atoms with van der Waals surface area (Å²) in [5, 5.41) is 11.1. The lowest BCUT2D eigenvalue weighted by molar-refractivity contribution is -0.143. The van der Waals surface area contributed by atoms with Crippen molar-refractivity contribution in [3.05, 3.63) is 89.0 Å². The molecule has 3 aromatic carbocycles. The van der Waals surface area contributed by atoms with E-state index in [9.17, 15) is 35.9 Å². The number of carboxylic acids is 1. The van der Waals surface area contributed by atoms with Crippen molar-refractivity contribution < 1.29 is 45.8 Å². The van der Waals surface area contributed by atoms with Crippen molar-refractivity contribution in [2.24, 2.45) is 0 Å².